The molecule has 0 aromatic heterocycles. The Kier molecular flexibility index (Phi) is 6.45. The van der Waals surface area contributed by atoms with E-state index in [2.05, 4.69) is 10.6 Å². The van der Waals surface area contributed by atoms with E-state index in [0.29, 0.717) is 22.9 Å². The fourth-order valence-corrected chi connectivity index (χ4v) is 2.26. The van der Waals surface area contributed by atoms with Gasteiger partial charge in [0.2, 0.25) is 5.91 Å². The van der Waals surface area contributed by atoms with Gasteiger partial charge >= 0.3 is 0 Å². The van der Waals surface area contributed by atoms with Crippen LogP contribution in [0.25, 0.3) is 0 Å². The molecule has 0 fully saturated rings. The van der Waals surface area contributed by atoms with Gasteiger partial charge in [-0.05, 0) is 38.1 Å². The number of amides is 2. The Morgan fingerprint density at radius 3 is 2.26 bits per heavy atom. The molecule has 0 spiro atoms. The fourth-order valence-electron chi connectivity index (χ4n) is 2.26. The van der Waals surface area contributed by atoms with E-state index >= 15 is 0 Å². The number of carbonyl (C=O) groups excluding carboxylic acids is 2. The topological polar surface area (TPSA) is 76.7 Å². The van der Waals surface area contributed by atoms with Crippen LogP contribution in [0.3, 0.4) is 0 Å². The number of hydrogen-bond donors (Lipinski definition) is 2. The molecule has 2 amide bonds. The quantitative estimate of drug-likeness (QED) is 0.770. The van der Waals surface area contributed by atoms with Gasteiger partial charge in [0.05, 0.1) is 12.8 Å². The number of carbonyl (C=O) groups is 2. The molecular formula is C21H26N2O4. The normalized spacial score (nSPS) is 11.0. The van der Waals surface area contributed by atoms with Gasteiger partial charge in [0.25, 0.3) is 5.91 Å². The Labute approximate surface area is 159 Å². The van der Waals surface area contributed by atoms with Crippen molar-refractivity contribution in [3.05, 3.63) is 48.5 Å². The summed E-state index contributed by atoms with van der Waals surface area (Å²) in [5.74, 6) is 0.519. The van der Waals surface area contributed by atoms with Gasteiger partial charge in [-0.25, -0.2) is 0 Å². The van der Waals surface area contributed by atoms with Crippen molar-refractivity contribution in [3.8, 4) is 11.5 Å². The average Bonchev–Trinajstić information content (AvgIpc) is 2.63. The number of anilines is 2. The average molecular weight is 370 g/mol. The van der Waals surface area contributed by atoms with Crippen LogP contribution in [-0.2, 0) is 9.59 Å². The molecule has 0 aliphatic heterocycles. The third kappa shape index (κ3) is 5.48. The van der Waals surface area contributed by atoms with E-state index in [4.69, 9.17) is 9.47 Å². The van der Waals surface area contributed by atoms with Gasteiger partial charge in [-0.15, -0.1) is 0 Å². The second kappa shape index (κ2) is 8.58. The van der Waals surface area contributed by atoms with Crippen LogP contribution in [0.1, 0.15) is 27.7 Å². The van der Waals surface area contributed by atoms with Gasteiger partial charge in [-0.2, -0.15) is 0 Å². The lowest BCUT2D eigenvalue weighted by molar-refractivity contribution is -0.128. The first kappa shape index (κ1) is 20.3. The van der Waals surface area contributed by atoms with E-state index in [9.17, 15) is 9.59 Å². The molecule has 6 heteroatoms. The lowest BCUT2D eigenvalue weighted by atomic mass is 10.1. The van der Waals surface area contributed by atoms with Crippen LogP contribution in [0.2, 0.25) is 0 Å². The zero-order chi connectivity index (χ0) is 20.0. The summed E-state index contributed by atoms with van der Waals surface area (Å²) in [5, 5.41) is 5.63. The SMILES string of the molecule is COc1cc(NC(=O)C(C)(C)Oc2ccccc2)ccc1NC(=O)C(C)C. The maximum atomic E-state index is 12.6. The van der Waals surface area contributed by atoms with E-state index in [1.165, 1.54) is 7.11 Å². The molecule has 2 aromatic carbocycles. The van der Waals surface area contributed by atoms with Crippen molar-refractivity contribution >= 4 is 23.2 Å². The molecule has 144 valence electrons. The molecule has 0 aliphatic carbocycles. The van der Waals surface area contributed by atoms with Crippen LogP contribution in [0.5, 0.6) is 11.5 Å². The van der Waals surface area contributed by atoms with Crippen LogP contribution < -0.4 is 20.1 Å². The van der Waals surface area contributed by atoms with Crippen LogP contribution in [0, 0.1) is 5.92 Å². The first-order valence-corrected chi connectivity index (χ1v) is 8.77. The highest BCUT2D eigenvalue weighted by atomic mass is 16.5. The molecule has 0 heterocycles. The van der Waals surface area contributed by atoms with E-state index in [1.54, 1.807) is 44.2 Å². The Balaban J connectivity index is 2.11. The lowest BCUT2D eigenvalue weighted by Crippen LogP contribution is -2.42. The number of ether oxygens (including phenoxy) is 2. The Morgan fingerprint density at radius 2 is 1.67 bits per heavy atom. The Bertz CT molecular complexity index is 801. The molecule has 2 aromatic rings. The number of nitrogens with one attached hydrogen (secondary N) is 2. The summed E-state index contributed by atoms with van der Waals surface area (Å²) in [7, 11) is 1.51. The minimum Gasteiger partial charge on any atom is -0.494 e. The molecule has 2 rings (SSSR count). The standard InChI is InChI=1S/C21H26N2O4/c1-14(2)19(24)23-17-12-11-15(13-18(17)26-5)22-20(25)21(3,4)27-16-9-7-6-8-10-16/h6-14H,1-5H3,(H,22,25)(H,23,24). The fraction of sp³-hybridized carbons (Fsp3) is 0.333. The third-order valence-corrected chi connectivity index (χ3v) is 3.90. The highest BCUT2D eigenvalue weighted by Gasteiger charge is 2.30. The largest absolute Gasteiger partial charge is 0.494 e. The number of benzene rings is 2. The molecule has 6 nitrogen and oxygen atoms in total. The molecule has 2 N–H and O–H groups in total. The number of hydrogen-bond acceptors (Lipinski definition) is 4. The first-order chi connectivity index (χ1) is 12.7. The number of para-hydroxylation sites is 1. The second-order valence-corrected chi connectivity index (χ2v) is 6.94. The van der Waals surface area contributed by atoms with Crippen molar-refractivity contribution in [2.24, 2.45) is 5.92 Å². The molecule has 0 unspecified atom stereocenters. The van der Waals surface area contributed by atoms with Crippen molar-refractivity contribution in [1.82, 2.24) is 0 Å². The van der Waals surface area contributed by atoms with Crippen molar-refractivity contribution in [3.63, 3.8) is 0 Å². The highest BCUT2D eigenvalue weighted by molar-refractivity contribution is 5.98. The van der Waals surface area contributed by atoms with Gasteiger partial charge < -0.3 is 20.1 Å². The summed E-state index contributed by atoms with van der Waals surface area (Å²) >= 11 is 0. The summed E-state index contributed by atoms with van der Waals surface area (Å²) in [4.78, 5) is 24.5. The van der Waals surface area contributed by atoms with Gasteiger partial charge in [-0.1, -0.05) is 32.0 Å². The highest BCUT2D eigenvalue weighted by Crippen LogP contribution is 2.29. The zero-order valence-corrected chi connectivity index (χ0v) is 16.3. The van der Waals surface area contributed by atoms with Crippen LogP contribution in [0.4, 0.5) is 11.4 Å². The van der Waals surface area contributed by atoms with Crippen LogP contribution in [-0.4, -0.2) is 24.5 Å². The minimum atomic E-state index is -1.07. The summed E-state index contributed by atoms with van der Waals surface area (Å²) in [5.41, 5.74) is 0.0252. The first-order valence-electron chi connectivity index (χ1n) is 8.77. The van der Waals surface area contributed by atoms with Gasteiger partial charge in [-0.3, -0.25) is 9.59 Å². The van der Waals surface area contributed by atoms with Gasteiger partial charge in [0, 0.05) is 17.7 Å². The van der Waals surface area contributed by atoms with E-state index in [-0.39, 0.29) is 17.7 Å². The third-order valence-electron chi connectivity index (χ3n) is 3.90. The molecule has 0 aliphatic rings. The summed E-state index contributed by atoms with van der Waals surface area (Å²) in [6.45, 7) is 7.02. The van der Waals surface area contributed by atoms with E-state index < -0.39 is 5.60 Å². The second-order valence-electron chi connectivity index (χ2n) is 6.94. The van der Waals surface area contributed by atoms with Crippen molar-refractivity contribution in [2.45, 2.75) is 33.3 Å². The molecular weight excluding hydrogens is 344 g/mol. The molecule has 0 saturated carbocycles. The monoisotopic (exact) mass is 370 g/mol. The van der Waals surface area contributed by atoms with Gasteiger partial charge in [0.15, 0.2) is 5.60 Å². The maximum Gasteiger partial charge on any atom is 0.267 e. The van der Waals surface area contributed by atoms with E-state index in [0.717, 1.165) is 0 Å². The number of methoxy groups -OCH3 is 1. The van der Waals surface area contributed by atoms with Crippen molar-refractivity contribution in [1.29, 1.82) is 0 Å². The van der Waals surface area contributed by atoms with Gasteiger partial charge in [0.1, 0.15) is 11.5 Å². The molecule has 0 radical (unpaired) electrons. The Hall–Kier alpha value is -3.02. The van der Waals surface area contributed by atoms with Crippen LogP contribution in [0.15, 0.2) is 48.5 Å². The van der Waals surface area contributed by atoms with E-state index in [1.807, 2.05) is 32.0 Å². The smallest absolute Gasteiger partial charge is 0.267 e. The number of rotatable bonds is 7. The predicted octanol–water partition coefficient (Wildman–Crippen LogP) is 4.09. The summed E-state index contributed by atoms with van der Waals surface area (Å²) in [6.07, 6.45) is 0. The molecule has 0 atom stereocenters. The molecule has 0 saturated heterocycles. The summed E-state index contributed by atoms with van der Waals surface area (Å²) < 4.78 is 11.1. The minimum absolute atomic E-state index is 0.109. The lowest BCUT2D eigenvalue weighted by Gasteiger charge is -2.25. The van der Waals surface area contributed by atoms with Crippen molar-refractivity contribution in [2.75, 3.05) is 17.7 Å². The zero-order valence-electron chi connectivity index (χ0n) is 16.3. The van der Waals surface area contributed by atoms with Crippen molar-refractivity contribution < 1.29 is 19.1 Å². The molecule has 27 heavy (non-hydrogen) atoms. The maximum absolute atomic E-state index is 12.6. The molecule has 0 bridgehead atoms. The predicted molar refractivity (Wildman–Crippen MR) is 106 cm³/mol. The summed E-state index contributed by atoms with van der Waals surface area (Å²) in [6, 6.07) is 14.2. The Morgan fingerprint density at radius 1 is 1.00 bits per heavy atom. The van der Waals surface area contributed by atoms with Crippen LogP contribution >= 0.6 is 0 Å².